The number of likely N-dealkylation sites (tertiary alicyclic amines) is 1. The van der Waals surface area contributed by atoms with Crippen LogP contribution >= 0.6 is 23.9 Å². The van der Waals surface area contributed by atoms with Gasteiger partial charge in [-0.05, 0) is 66.1 Å². The molecule has 1 saturated heterocycles. The Kier molecular flexibility index (Phi) is 8.80. The number of halogens is 1. The van der Waals surface area contributed by atoms with E-state index in [1.54, 1.807) is 3.71 Å². The summed E-state index contributed by atoms with van der Waals surface area (Å²) in [6.07, 6.45) is 4.78. The SMILES string of the molecule is CSN(SC)C(=O)NCCN1CCC(Nc2nc3ccccc3n2Cc2ccc(F)cc2)C(C)C1. The number of hydrogen-bond donors (Lipinski definition) is 2. The summed E-state index contributed by atoms with van der Waals surface area (Å²) < 4.78 is 17.2. The molecule has 0 saturated carbocycles. The van der Waals surface area contributed by atoms with E-state index in [-0.39, 0.29) is 11.8 Å². The van der Waals surface area contributed by atoms with Crippen LogP contribution in [0.3, 0.4) is 0 Å². The van der Waals surface area contributed by atoms with Crippen LogP contribution in [0.4, 0.5) is 15.1 Å². The lowest BCUT2D eigenvalue weighted by Crippen LogP contribution is -2.48. The number of piperidine rings is 1. The zero-order valence-electron chi connectivity index (χ0n) is 20.4. The molecule has 2 unspecified atom stereocenters. The molecule has 3 aromatic rings. The molecule has 2 N–H and O–H groups in total. The van der Waals surface area contributed by atoms with Crippen LogP contribution in [0.1, 0.15) is 18.9 Å². The maximum Gasteiger partial charge on any atom is 0.337 e. The van der Waals surface area contributed by atoms with Crippen LogP contribution in [0, 0.1) is 11.7 Å². The third-order valence-corrected chi connectivity index (χ3v) is 8.30. The van der Waals surface area contributed by atoms with Crippen molar-refractivity contribution in [3.05, 3.63) is 59.9 Å². The highest BCUT2D eigenvalue weighted by molar-refractivity contribution is 8.12. The Labute approximate surface area is 215 Å². The van der Waals surface area contributed by atoms with Crippen molar-refractivity contribution >= 4 is 46.9 Å². The summed E-state index contributed by atoms with van der Waals surface area (Å²) in [5.41, 5.74) is 3.04. The van der Waals surface area contributed by atoms with Crippen LogP contribution in [0.2, 0.25) is 0 Å². The molecule has 1 fully saturated rings. The standard InChI is InChI=1S/C25H33FN6OS2/c1-18-16-30(15-13-27-25(33)32(34-2)35-3)14-12-21(18)28-24-29-22-6-4-5-7-23(22)31(24)17-19-8-10-20(26)11-9-19/h4-11,18,21H,12-17H2,1-3H3,(H,27,33)(H,28,29). The van der Waals surface area contributed by atoms with E-state index < -0.39 is 0 Å². The van der Waals surface area contributed by atoms with E-state index in [0.29, 0.717) is 25.0 Å². The number of amides is 2. The van der Waals surface area contributed by atoms with Crippen molar-refractivity contribution in [3.8, 4) is 0 Å². The van der Waals surface area contributed by atoms with Gasteiger partial charge in [0.1, 0.15) is 5.82 Å². The van der Waals surface area contributed by atoms with Gasteiger partial charge in [0.15, 0.2) is 0 Å². The molecule has 10 heteroatoms. The minimum atomic E-state index is -0.228. The highest BCUT2D eigenvalue weighted by Gasteiger charge is 2.27. The van der Waals surface area contributed by atoms with Gasteiger partial charge < -0.3 is 20.1 Å². The Morgan fingerprint density at radius 2 is 1.91 bits per heavy atom. The summed E-state index contributed by atoms with van der Waals surface area (Å²) in [6.45, 7) is 6.28. The second-order valence-corrected chi connectivity index (χ2v) is 10.5. The predicted molar refractivity (Wildman–Crippen MR) is 145 cm³/mol. The first-order chi connectivity index (χ1) is 17.0. The quantitative estimate of drug-likeness (QED) is 0.394. The monoisotopic (exact) mass is 516 g/mol. The minimum absolute atomic E-state index is 0.0605. The second-order valence-electron chi connectivity index (χ2n) is 8.81. The van der Waals surface area contributed by atoms with Gasteiger partial charge >= 0.3 is 6.03 Å². The fraction of sp³-hybridized carbons (Fsp3) is 0.440. The zero-order chi connectivity index (χ0) is 24.8. The highest BCUT2D eigenvalue weighted by atomic mass is 32.2. The molecule has 0 spiro atoms. The molecular formula is C25H33FN6OS2. The molecule has 0 radical (unpaired) electrons. The number of carbonyl (C=O) groups excluding carboxylic acids is 1. The summed E-state index contributed by atoms with van der Waals surface area (Å²) in [5, 5.41) is 6.71. The molecule has 0 bridgehead atoms. The maximum atomic E-state index is 13.4. The first-order valence-electron chi connectivity index (χ1n) is 11.8. The Morgan fingerprint density at radius 1 is 1.17 bits per heavy atom. The number of imidazole rings is 1. The van der Waals surface area contributed by atoms with Crippen molar-refractivity contribution < 1.29 is 9.18 Å². The topological polar surface area (TPSA) is 65.4 Å². The molecule has 1 aliphatic heterocycles. The first-order valence-corrected chi connectivity index (χ1v) is 14.2. The molecule has 188 valence electrons. The fourth-order valence-corrected chi connectivity index (χ4v) is 5.62. The zero-order valence-corrected chi connectivity index (χ0v) is 22.0. The molecule has 0 aliphatic carbocycles. The summed E-state index contributed by atoms with van der Waals surface area (Å²) in [7, 11) is 0. The summed E-state index contributed by atoms with van der Waals surface area (Å²) in [4.78, 5) is 19.4. The van der Waals surface area contributed by atoms with Gasteiger partial charge in [0, 0.05) is 44.7 Å². The second kappa shape index (κ2) is 12.0. The number of urea groups is 1. The molecule has 1 aromatic heterocycles. The number of nitrogens with zero attached hydrogens (tertiary/aromatic N) is 4. The summed E-state index contributed by atoms with van der Waals surface area (Å²) >= 11 is 2.81. The van der Waals surface area contributed by atoms with Crippen molar-refractivity contribution in [1.82, 2.24) is 23.5 Å². The van der Waals surface area contributed by atoms with Crippen molar-refractivity contribution in [2.24, 2.45) is 5.92 Å². The average molecular weight is 517 g/mol. The molecule has 7 nitrogen and oxygen atoms in total. The number of para-hydroxylation sites is 2. The molecule has 1 aliphatic rings. The van der Waals surface area contributed by atoms with E-state index in [2.05, 4.69) is 33.1 Å². The van der Waals surface area contributed by atoms with E-state index in [0.717, 1.165) is 48.6 Å². The van der Waals surface area contributed by atoms with Gasteiger partial charge in [0.05, 0.1) is 17.6 Å². The molecule has 2 aromatic carbocycles. The number of hydrogen-bond acceptors (Lipinski definition) is 6. The molecule has 4 rings (SSSR count). The lowest BCUT2D eigenvalue weighted by Gasteiger charge is -2.37. The third-order valence-electron chi connectivity index (χ3n) is 6.41. The van der Waals surface area contributed by atoms with Gasteiger partial charge in [-0.15, -0.1) is 0 Å². The van der Waals surface area contributed by atoms with Gasteiger partial charge in [0.25, 0.3) is 0 Å². The van der Waals surface area contributed by atoms with E-state index in [1.807, 2.05) is 42.8 Å². The molecule has 2 amide bonds. The van der Waals surface area contributed by atoms with Gasteiger partial charge in [0.2, 0.25) is 5.95 Å². The van der Waals surface area contributed by atoms with Crippen LogP contribution in [-0.4, -0.2) is 68.9 Å². The Hall–Kier alpha value is -2.43. The lowest BCUT2D eigenvalue weighted by atomic mass is 9.94. The number of rotatable bonds is 9. The van der Waals surface area contributed by atoms with E-state index in [4.69, 9.17) is 4.98 Å². The first kappa shape index (κ1) is 25.7. The molecular weight excluding hydrogens is 483 g/mol. The van der Waals surface area contributed by atoms with Crippen LogP contribution in [-0.2, 0) is 6.54 Å². The Balaban J connectivity index is 1.38. The summed E-state index contributed by atoms with van der Waals surface area (Å²) in [6, 6.07) is 15.0. The smallest absolute Gasteiger partial charge is 0.337 e. The number of aromatic nitrogens is 2. The Bertz CT molecular complexity index is 1120. The van der Waals surface area contributed by atoms with E-state index in [1.165, 1.54) is 36.0 Å². The summed E-state index contributed by atoms with van der Waals surface area (Å²) in [5.74, 6) is 1.04. The van der Waals surface area contributed by atoms with Gasteiger partial charge in [-0.3, -0.25) is 0 Å². The van der Waals surface area contributed by atoms with E-state index >= 15 is 0 Å². The van der Waals surface area contributed by atoms with Gasteiger partial charge in [-0.25, -0.2) is 17.9 Å². The number of nitrogens with one attached hydrogen (secondary N) is 2. The van der Waals surface area contributed by atoms with Crippen LogP contribution in [0.15, 0.2) is 48.5 Å². The largest absolute Gasteiger partial charge is 0.353 e. The lowest BCUT2D eigenvalue weighted by molar-refractivity contribution is 0.171. The normalized spacial score (nSPS) is 18.5. The fourth-order valence-electron chi connectivity index (χ4n) is 4.56. The van der Waals surface area contributed by atoms with Crippen molar-refractivity contribution in [2.75, 3.05) is 44.0 Å². The van der Waals surface area contributed by atoms with Crippen molar-refractivity contribution in [2.45, 2.75) is 25.9 Å². The minimum Gasteiger partial charge on any atom is -0.353 e. The average Bonchev–Trinajstić information content (AvgIpc) is 3.20. The highest BCUT2D eigenvalue weighted by Crippen LogP contribution is 2.26. The van der Waals surface area contributed by atoms with Gasteiger partial charge in [-0.2, -0.15) is 0 Å². The number of anilines is 1. The van der Waals surface area contributed by atoms with Crippen LogP contribution in [0.5, 0.6) is 0 Å². The van der Waals surface area contributed by atoms with Crippen LogP contribution in [0.25, 0.3) is 11.0 Å². The number of benzene rings is 2. The molecule has 2 heterocycles. The molecule has 2 atom stereocenters. The van der Waals surface area contributed by atoms with Gasteiger partial charge in [-0.1, -0.05) is 31.2 Å². The van der Waals surface area contributed by atoms with Crippen molar-refractivity contribution in [1.29, 1.82) is 0 Å². The molecule has 35 heavy (non-hydrogen) atoms. The number of fused-ring (bicyclic) bond motifs is 1. The Morgan fingerprint density at radius 3 is 2.63 bits per heavy atom. The maximum absolute atomic E-state index is 13.4. The van der Waals surface area contributed by atoms with E-state index in [9.17, 15) is 9.18 Å². The number of carbonyl (C=O) groups is 1. The van der Waals surface area contributed by atoms with Crippen LogP contribution < -0.4 is 10.6 Å². The predicted octanol–water partition coefficient (Wildman–Crippen LogP) is 4.91. The van der Waals surface area contributed by atoms with Crippen molar-refractivity contribution in [3.63, 3.8) is 0 Å². The third kappa shape index (κ3) is 6.42.